The summed E-state index contributed by atoms with van der Waals surface area (Å²) in [4.78, 5) is 23.2. The van der Waals surface area contributed by atoms with Crippen LogP contribution in [0.2, 0.25) is 0 Å². The zero-order chi connectivity index (χ0) is 48.4. The van der Waals surface area contributed by atoms with Crippen molar-refractivity contribution in [2.45, 2.75) is 93.0 Å². The second-order valence-electron chi connectivity index (χ2n) is 11.1. The van der Waals surface area contributed by atoms with Gasteiger partial charge < -0.3 is 38.5 Å². The van der Waals surface area contributed by atoms with Crippen LogP contribution in [-0.4, -0.2) is 146 Å². The Bertz CT molecular complexity index is 1250. The summed E-state index contributed by atoms with van der Waals surface area (Å²) in [6, 6.07) is 0. The highest BCUT2D eigenvalue weighted by atomic mass is 19.5. The van der Waals surface area contributed by atoms with E-state index in [-0.39, 0.29) is 45.7 Å². The minimum atomic E-state index is -7.06. The lowest BCUT2D eigenvalue weighted by Crippen LogP contribution is -2.61. The molecule has 0 radical (unpaired) electrons. The SMILES string of the molecule is COC(COC(F)(COC(=O)CCCCOCCOCCCNC(=O)OCC(OC(F)(F)C(F)(OCC(F)(F)F)C(F)(F)F)C(F)(F)F)C(F)(F)F)C(F)(F)F.FC(F)(F)F. The maximum absolute atomic E-state index is 14.3. The van der Waals surface area contributed by atoms with Crippen molar-refractivity contribution in [2.24, 2.45) is 0 Å². The summed E-state index contributed by atoms with van der Waals surface area (Å²) in [5.74, 6) is -12.9. The van der Waals surface area contributed by atoms with Crippen LogP contribution in [0.3, 0.4) is 0 Å². The average Bonchev–Trinajstić information content (AvgIpc) is 3.05. The summed E-state index contributed by atoms with van der Waals surface area (Å²) >= 11 is 0. The van der Waals surface area contributed by atoms with Crippen LogP contribution in [0.15, 0.2) is 0 Å². The van der Waals surface area contributed by atoms with Crippen LogP contribution < -0.4 is 5.32 Å². The molecule has 4 atom stereocenters. The predicted octanol–water partition coefficient (Wildman–Crippen LogP) is 8.49. The second kappa shape index (κ2) is 24.7. The number of alkyl carbamates (subject to hydrolysis) is 1. The lowest BCUT2D eigenvalue weighted by Gasteiger charge is -2.36. The average molecular weight is 968 g/mol. The zero-order valence-electron chi connectivity index (χ0n) is 30.1. The summed E-state index contributed by atoms with van der Waals surface area (Å²) in [6.07, 6.45) is -52.0. The van der Waals surface area contributed by atoms with Crippen molar-refractivity contribution in [2.75, 3.05) is 66.5 Å². The van der Waals surface area contributed by atoms with Crippen LogP contribution in [0.5, 0.6) is 0 Å². The molecule has 0 aliphatic rings. The molecule has 0 heterocycles. The molecule has 34 heteroatoms. The molecule has 0 bridgehead atoms. The molecule has 0 rings (SSSR count). The fraction of sp³-hybridized carbons (Fsp3) is 0.926. The summed E-state index contributed by atoms with van der Waals surface area (Å²) in [7, 11) is 0.487. The van der Waals surface area contributed by atoms with Crippen molar-refractivity contribution in [3.63, 3.8) is 0 Å². The Labute approximate surface area is 326 Å². The molecule has 61 heavy (non-hydrogen) atoms. The number of hydrogen-bond acceptors (Lipinski definition) is 10. The van der Waals surface area contributed by atoms with E-state index < -0.39 is 119 Å². The van der Waals surface area contributed by atoms with E-state index in [0.29, 0.717) is 7.11 Å². The first-order chi connectivity index (χ1) is 27.2. The predicted molar refractivity (Wildman–Crippen MR) is 148 cm³/mol. The Morgan fingerprint density at radius 1 is 0.557 bits per heavy atom. The third kappa shape index (κ3) is 25.6. The standard InChI is InChI=1S/C26H32F19NO10.CF4/c1-49-15(21(31,32)33)12-54-19(27,24(38,39)40)13-53-17(47)5-2-3-7-50-9-10-51-8-4-6-46-18(48)52-11-16(22(34,35)36)56-26(44,45)23(37,25(41,42)43)55-14-20(28,29)30;2-1(3,4)5/h15-16H,2-14H2,1H3,(H,46,48);. The second-order valence-corrected chi connectivity index (χ2v) is 11.1. The van der Waals surface area contributed by atoms with Crippen LogP contribution in [0, 0.1) is 0 Å². The van der Waals surface area contributed by atoms with E-state index >= 15 is 0 Å². The van der Waals surface area contributed by atoms with Gasteiger partial charge in [0.15, 0.2) is 18.8 Å². The smallest absolute Gasteiger partial charge is 0.459 e. The lowest BCUT2D eigenvalue weighted by molar-refractivity contribution is -0.480. The molecule has 0 fully saturated rings. The van der Waals surface area contributed by atoms with Gasteiger partial charge in [-0.15, -0.1) is 17.6 Å². The van der Waals surface area contributed by atoms with Gasteiger partial charge in [0, 0.05) is 33.3 Å². The van der Waals surface area contributed by atoms with Crippen molar-refractivity contribution < 1.29 is 148 Å². The molecular weight excluding hydrogens is 935 g/mol. The highest BCUT2D eigenvalue weighted by Gasteiger charge is 2.76. The first kappa shape index (κ1) is 60.0. The highest BCUT2D eigenvalue weighted by molar-refractivity contribution is 5.69. The van der Waals surface area contributed by atoms with Crippen molar-refractivity contribution in [1.82, 2.24) is 5.32 Å². The number of amides is 1. The molecule has 366 valence electrons. The molecule has 4 unspecified atom stereocenters. The van der Waals surface area contributed by atoms with Crippen LogP contribution in [-0.2, 0) is 42.7 Å². The Morgan fingerprint density at radius 3 is 1.48 bits per heavy atom. The largest absolute Gasteiger partial charge is 0.559 e. The van der Waals surface area contributed by atoms with E-state index in [1.807, 2.05) is 0 Å². The van der Waals surface area contributed by atoms with Gasteiger partial charge in [0.05, 0.1) is 19.8 Å². The van der Waals surface area contributed by atoms with E-state index in [0.717, 1.165) is 0 Å². The van der Waals surface area contributed by atoms with E-state index in [1.165, 1.54) is 0 Å². The molecule has 0 saturated carbocycles. The molecule has 0 aromatic heterocycles. The number of alkyl halides is 23. The zero-order valence-corrected chi connectivity index (χ0v) is 30.1. The molecule has 0 aliphatic heterocycles. The van der Waals surface area contributed by atoms with Crippen LogP contribution in [0.25, 0.3) is 0 Å². The van der Waals surface area contributed by atoms with Crippen LogP contribution in [0.4, 0.5) is 106 Å². The topological polar surface area (TPSA) is 120 Å². The van der Waals surface area contributed by atoms with Crippen LogP contribution >= 0.6 is 0 Å². The Morgan fingerprint density at radius 2 is 1.05 bits per heavy atom. The van der Waals surface area contributed by atoms with Gasteiger partial charge in [0.1, 0.15) is 13.2 Å². The Balaban J connectivity index is 0. The van der Waals surface area contributed by atoms with Crippen molar-refractivity contribution in [1.29, 1.82) is 0 Å². The maximum Gasteiger partial charge on any atom is 0.559 e. The summed E-state index contributed by atoms with van der Waals surface area (Å²) in [5.41, 5.74) is 0. The number of carbonyl (C=O) groups excluding carboxylic acids is 2. The number of hydrogen-bond donors (Lipinski definition) is 1. The van der Waals surface area contributed by atoms with Crippen molar-refractivity contribution >= 4 is 12.1 Å². The number of methoxy groups -OCH3 is 1. The van der Waals surface area contributed by atoms with Gasteiger partial charge in [0.25, 0.3) is 0 Å². The molecule has 0 spiro atoms. The number of carbonyl (C=O) groups is 2. The monoisotopic (exact) mass is 967 g/mol. The summed E-state index contributed by atoms with van der Waals surface area (Å²) in [6.45, 7) is -10.6. The number of unbranched alkanes of at least 4 members (excludes halogenated alkanes) is 1. The van der Waals surface area contributed by atoms with E-state index in [4.69, 9.17) is 9.47 Å². The number of ether oxygens (including phenoxy) is 8. The molecule has 11 nitrogen and oxygen atoms in total. The van der Waals surface area contributed by atoms with E-state index in [9.17, 15) is 111 Å². The van der Waals surface area contributed by atoms with Gasteiger partial charge in [-0.1, -0.05) is 0 Å². The minimum Gasteiger partial charge on any atom is -0.459 e. The Kier molecular flexibility index (Phi) is 24.2. The van der Waals surface area contributed by atoms with Crippen LogP contribution in [0.1, 0.15) is 25.7 Å². The van der Waals surface area contributed by atoms with E-state index in [2.05, 4.69) is 28.4 Å². The van der Waals surface area contributed by atoms with Gasteiger partial charge in [-0.3, -0.25) is 9.53 Å². The van der Waals surface area contributed by atoms with Gasteiger partial charge in [-0.05, 0) is 19.3 Å². The van der Waals surface area contributed by atoms with Gasteiger partial charge in [0.2, 0.25) is 0 Å². The molecule has 0 aromatic carbocycles. The van der Waals surface area contributed by atoms with Gasteiger partial charge >= 0.3 is 67.2 Å². The molecule has 1 amide bonds. The molecule has 1 N–H and O–H groups in total. The van der Waals surface area contributed by atoms with Crippen molar-refractivity contribution in [3.8, 4) is 0 Å². The van der Waals surface area contributed by atoms with Gasteiger partial charge in [-0.2, -0.15) is 83.4 Å². The summed E-state index contributed by atoms with van der Waals surface area (Å²) < 4.78 is 317. The molecule has 0 saturated heterocycles. The Hall–Kier alpha value is -3.11. The quantitative estimate of drug-likeness (QED) is 0.0542. The summed E-state index contributed by atoms with van der Waals surface area (Å²) in [5, 5.41) is 1.77. The van der Waals surface area contributed by atoms with E-state index in [1.54, 1.807) is 5.32 Å². The third-order valence-electron chi connectivity index (χ3n) is 6.18. The first-order valence-electron chi connectivity index (χ1n) is 15.8. The third-order valence-corrected chi connectivity index (χ3v) is 6.18. The van der Waals surface area contributed by atoms with Gasteiger partial charge in [-0.25, -0.2) is 4.79 Å². The number of esters is 1. The normalized spacial score (nSPS) is 16.4. The minimum absolute atomic E-state index is 0.0732. The fourth-order valence-corrected chi connectivity index (χ4v) is 3.28. The molecule has 0 aromatic rings. The first-order valence-corrected chi connectivity index (χ1v) is 15.8. The molecule has 0 aliphatic carbocycles. The number of nitrogens with one attached hydrogen (secondary N) is 1. The maximum atomic E-state index is 14.3. The molecular formula is C27H32F23NO10. The number of halogens is 23. The lowest BCUT2D eigenvalue weighted by atomic mass is 10.2. The number of rotatable bonds is 25. The highest BCUT2D eigenvalue weighted by Crippen LogP contribution is 2.49. The van der Waals surface area contributed by atoms with Crippen molar-refractivity contribution in [3.05, 3.63) is 0 Å². The fourth-order valence-electron chi connectivity index (χ4n) is 3.28.